The fraction of sp³-hybridized carbons (Fsp3) is 0.750. The molecule has 0 amide bonds. The summed E-state index contributed by atoms with van der Waals surface area (Å²) in [6.45, 7) is 2.71. The van der Waals surface area contributed by atoms with Crippen molar-refractivity contribution < 1.29 is 9.53 Å². The highest BCUT2D eigenvalue weighted by molar-refractivity contribution is 5.66. The van der Waals surface area contributed by atoms with E-state index in [-0.39, 0.29) is 0 Å². The zero-order valence-corrected chi connectivity index (χ0v) is 4.79. The Labute approximate surface area is 47.3 Å². The molecule has 0 rings (SSSR count). The molecule has 45 valence electrons. The van der Waals surface area contributed by atoms with Gasteiger partial charge in [-0.2, -0.15) is 0 Å². The number of carbonyl (C=O) groups is 1. The number of hydrogen-bond donors (Lipinski definition) is 0. The molecule has 0 bridgehead atoms. The molecule has 0 fully saturated rings. The molecule has 1 unspecified atom stereocenters. The third kappa shape index (κ3) is 3.27. The van der Waals surface area contributed by atoms with E-state index in [9.17, 15) is 4.79 Å². The molecule has 4 nitrogen and oxygen atoms in total. The molecule has 0 spiro atoms. The van der Waals surface area contributed by atoms with Crippen molar-refractivity contribution in [3.8, 4) is 0 Å². The summed E-state index contributed by atoms with van der Waals surface area (Å²) < 4.78 is 4.34. The lowest BCUT2D eigenvalue weighted by Crippen LogP contribution is -2.08. The van der Waals surface area contributed by atoms with Crippen LogP contribution in [0.2, 0.25) is 0 Å². The van der Waals surface area contributed by atoms with E-state index in [0.717, 1.165) is 0 Å². The molecule has 0 aromatic carbocycles. The summed E-state index contributed by atoms with van der Waals surface area (Å²) in [5, 5.41) is 2.69. The van der Waals surface area contributed by atoms with Crippen LogP contribution in [-0.2, 0) is 9.53 Å². The molecule has 1 atom stereocenters. The Morgan fingerprint density at radius 2 is 2.38 bits per heavy atom. The van der Waals surface area contributed by atoms with Crippen molar-refractivity contribution in [3.05, 3.63) is 0 Å². The maximum absolute atomic E-state index is 10.0. The van der Waals surface area contributed by atoms with Gasteiger partial charge in [-0.15, -0.1) is 5.11 Å². The van der Waals surface area contributed by atoms with Crippen LogP contribution in [0.1, 0.15) is 13.8 Å². The first kappa shape index (κ1) is 7.07. The van der Waals surface area contributed by atoms with Crippen molar-refractivity contribution in [1.82, 2.24) is 5.53 Å². The van der Waals surface area contributed by atoms with E-state index in [4.69, 9.17) is 5.53 Å². The molecule has 0 N–H and O–H groups in total. The predicted molar refractivity (Wildman–Crippen MR) is 25.8 cm³/mol. The van der Waals surface area contributed by atoms with E-state index in [1.165, 1.54) is 13.8 Å². The Bertz CT molecular complexity index is 102. The number of rotatable bonds is 2. The van der Waals surface area contributed by atoms with Crippen LogP contribution in [0, 0.1) is 0 Å². The standard InChI is InChI=1S/C4H7N2O2/c1-3(6-5)8-4(2)7/h3H,1-2H3. The number of carbonyl (C=O) groups excluding carboxylic acids is 1. The van der Waals surface area contributed by atoms with Gasteiger partial charge in [0.2, 0.25) is 6.23 Å². The van der Waals surface area contributed by atoms with E-state index in [1.807, 2.05) is 0 Å². The fourth-order valence-corrected chi connectivity index (χ4v) is 0.264. The number of nitrogens with zero attached hydrogens (tertiary/aromatic N) is 2. The van der Waals surface area contributed by atoms with E-state index in [1.54, 1.807) is 0 Å². The molecular formula is C4H7N2O2. The monoisotopic (exact) mass is 115 g/mol. The van der Waals surface area contributed by atoms with Crippen LogP contribution in [0.25, 0.3) is 0 Å². The van der Waals surface area contributed by atoms with Gasteiger partial charge in [0.15, 0.2) is 0 Å². The van der Waals surface area contributed by atoms with Gasteiger partial charge < -0.3 is 4.74 Å². The Morgan fingerprint density at radius 3 is 2.50 bits per heavy atom. The van der Waals surface area contributed by atoms with Crippen LogP contribution in [0.15, 0.2) is 5.11 Å². The molecule has 0 saturated heterocycles. The second kappa shape index (κ2) is 3.12. The van der Waals surface area contributed by atoms with Gasteiger partial charge in [-0.3, -0.25) is 4.79 Å². The van der Waals surface area contributed by atoms with Gasteiger partial charge in [-0.25, -0.2) is 0 Å². The maximum Gasteiger partial charge on any atom is 0.304 e. The van der Waals surface area contributed by atoms with E-state index >= 15 is 0 Å². The minimum absolute atomic E-state index is 0.449. The van der Waals surface area contributed by atoms with E-state index in [0.29, 0.717) is 0 Å². The van der Waals surface area contributed by atoms with Crippen molar-refractivity contribution in [2.75, 3.05) is 0 Å². The predicted octanol–water partition coefficient (Wildman–Crippen LogP) is 0.148. The van der Waals surface area contributed by atoms with Gasteiger partial charge in [0.1, 0.15) is 0 Å². The summed E-state index contributed by atoms with van der Waals surface area (Å²) in [4.78, 5) is 10.0. The third-order valence-corrected chi connectivity index (χ3v) is 0.499. The first-order chi connectivity index (χ1) is 3.66. The molecule has 0 aromatic rings. The largest absolute Gasteiger partial charge is 0.438 e. The van der Waals surface area contributed by atoms with Gasteiger partial charge in [0.05, 0.1) is 0 Å². The summed E-state index contributed by atoms with van der Waals surface area (Å²) in [5.74, 6) is -0.449. The van der Waals surface area contributed by atoms with E-state index in [2.05, 4.69) is 9.85 Å². The Kier molecular flexibility index (Phi) is 2.76. The molecule has 0 aliphatic carbocycles. The summed E-state index contributed by atoms with van der Waals surface area (Å²) in [7, 11) is 0. The highest BCUT2D eigenvalue weighted by atomic mass is 16.6. The van der Waals surface area contributed by atoms with Gasteiger partial charge in [-0.1, -0.05) is 0 Å². The zero-order chi connectivity index (χ0) is 6.57. The highest BCUT2D eigenvalue weighted by Crippen LogP contribution is 1.88. The minimum Gasteiger partial charge on any atom is -0.438 e. The number of ether oxygens (including phenoxy) is 1. The Morgan fingerprint density at radius 1 is 1.88 bits per heavy atom. The quantitative estimate of drug-likeness (QED) is 0.380. The van der Waals surface area contributed by atoms with Crippen LogP contribution in [0.5, 0.6) is 0 Å². The van der Waals surface area contributed by atoms with Gasteiger partial charge >= 0.3 is 5.97 Å². The van der Waals surface area contributed by atoms with Crippen LogP contribution in [0.3, 0.4) is 0 Å². The second-order valence-corrected chi connectivity index (χ2v) is 1.32. The van der Waals surface area contributed by atoms with Gasteiger partial charge in [0, 0.05) is 6.92 Å². The first-order valence-corrected chi connectivity index (χ1v) is 2.18. The van der Waals surface area contributed by atoms with E-state index < -0.39 is 12.2 Å². The normalized spacial score (nSPS) is 12.2. The molecule has 4 heteroatoms. The van der Waals surface area contributed by atoms with Crippen molar-refractivity contribution in [1.29, 1.82) is 0 Å². The first-order valence-electron chi connectivity index (χ1n) is 2.18. The van der Waals surface area contributed by atoms with Crippen LogP contribution < -0.4 is 5.53 Å². The Hall–Kier alpha value is -0.930. The molecule has 8 heavy (non-hydrogen) atoms. The van der Waals surface area contributed by atoms with Gasteiger partial charge in [-0.05, 0) is 12.5 Å². The minimum atomic E-state index is -0.743. The molecule has 0 heterocycles. The summed E-state index contributed by atoms with van der Waals surface area (Å²) >= 11 is 0. The second-order valence-electron chi connectivity index (χ2n) is 1.32. The lowest BCUT2D eigenvalue weighted by molar-refractivity contribution is -0.145. The molecule has 0 aromatic heterocycles. The molecule has 1 radical (unpaired) electrons. The summed E-state index contributed by atoms with van der Waals surface area (Å²) in [6.07, 6.45) is -0.743. The van der Waals surface area contributed by atoms with Crippen molar-refractivity contribution in [2.45, 2.75) is 20.1 Å². The highest BCUT2D eigenvalue weighted by Gasteiger charge is 1.99. The lowest BCUT2D eigenvalue weighted by atomic mass is 10.7. The number of esters is 1. The Balaban J connectivity index is 3.38. The van der Waals surface area contributed by atoms with Crippen LogP contribution in [-0.4, -0.2) is 12.2 Å². The van der Waals surface area contributed by atoms with Crippen molar-refractivity contribution >= 4 is 5.97 Å². The SMILES string of the molecule is CC(=O)OC(C)N=[N]. The maximum atomic E-state index is 10.0. The molecular weight excluding hydrogens is 108 g/mol. The zero-order valence-electron chi connectivity index (χ0n) is 4.79. The van der Waals surface area contributed by atoms with Crippen molar-refractivity contribution in [3.63, 3.8) is 0 Å². The smallest absolute Gasteiger partial charge is 0.304 e. The third-order valence-electron chi connectivity index (χ3n) is 0.499. The van der Waals surface area contributed by atoms with Crippen LogP contribution >= 0.6 is 0 Å². The van der Waals surface area contributed by atoms with Gasteiger partial charge in [0.25, 0.3) is 0 Å². The van der Waals surface area contributed by atoms with Crippen LogP contribution in [0.4, 0.5) is 0 Å². The number of hydrogen-bond acceptors (Lipinski definition) is 3. The molecule has 0 aliphatic rings. The molecule has 0 saturated carbocycles. The average Bonchev–Trinajstić information content (AvgIpc) is 1.65. The lowest BCUT2D eigenvalue weighted by Gasteiger charge is -2.00. The summed E-state index contributed by atoms with van der Waals surface area (Å²) in [6, 6.07) is 0. The topological polar surface area (TPSA) is 61.0 Å². The average molecular weight is 115 g/mol. The molecule has 0 aliphatic heterocycles. The summed E-state index contributed by atoms with van der Waals surface area (Å²) in [5.41, 5.74) is 7.93. The fourth-order valence-electron chi connectivity index (χ4n) is 0.264. The van der Waals surface area contributed by atoms with Crippen molar-refractivity contribution in [2.24, 2.45) is 5.11 Å².